The van der Waals surface area contributed by atoms with Gasteiger partial charge in [0.25, 0.3) is 0 Å². The largest absolute Gasteiger partial charge is 0.370 e. The van der Waals surface area contributed by atoms with Crippen molar-refractivity contribution in [1.82, 2.24) is 5.32 Å². The molecule has 3 heteroatoms. The van der Waals surface area contributed by atoms with Crippen molar-refractivity contribution in [3.63, 3.8) is 0 Å². The van der Waals surface area contributed by atoms with Gasteiger partial charge in [0.2, 0.25) is 0 Å². The summed E-state index contributed by atoms with van der Waals surface area (Å²) in [5.74, 6) is 3.65. The van der Waals surface area contributed by atoms with Crippen LogP contribution in [0.4, 0.5) is 0 Å². The second-order valence-corrected chi connectivity index (χ2v) is 3.78. The van der Waals surface area contributed by atoms with E-state index in [1.54, 1.807) is 0 Å². The van der Waals surface area contributed by atoms with E-state index >= 15 is 0 Å². The van der Waals surface area contributed by atoms with Crippen LogP contribution in [0.5, 0.6) is 0 Å². The molecule has 1 atom stereocenters. The lowest BCUT2D eigenvalue weighted by Crippen LogP contribution is -2.39. The average molecular weight is 195 g/mol. The molecule has 0 aliphatic heterocycles. The molecule has 0 aromatic heterocycles. The van der Waals surface area contributed by atoms with E-state index in [0.29, 0.717) is 18.3 Å². The Morgan fingerprint density at radius 2 is 2.21 bits per heavy atom. The van der Waals surface area contributed by atoms with Gasteiger partial charge in [0.05, 0.1) is 0 Å². The molecule has 1 unspecified atom stereocenters. The van der Waals surface area contributed by atoms with Gasteiger partial charge in [0.1, 0.15) is 0 Å². The van der Waals surface area contributed by atoms with E-state index in [4.69, 9.17) is 12.2 Å². The molecule has 0 amide bonds. The summed E-state index contributed by atoms with van der Waals surface area (Å²) in [4.78, 5) is 4.21. The first kappa shape index (κ1) is 12.8. The molecule has 80 valence electrons. The van der Waals surface area contributed by atoms with E-state index in [2.05, 4.69) is 37.0 Å². The molecule has 0 aromatic rings. The normalized spacial score (nSPS) is 13.8. The molecular weight excluding hydrogens is 174 g/mol. The van der Waals surface area contributed by atoms with Gasteiger partial charge in [-0.1, -0.05) is 20.8 Å². The molecule has 0 fully saturated rings. The third kappa shape index (κ3) is 6.36. The van der Waals surface area contributed by atoms with E-state index in [1.165, 1.54) is 0 Å². The van der Waals surface area contributed by atoms with E-state index < -0.39 is 0 Å². The highest BCUT2D eigenvalue weighted by molar-refractivity contribution is 5.78. The summed E-state index contributed by atoms with van der Waals surface area (Å²) in [6.45, 7) is 7.04. The number of rotatable bonds is 5. The lowest BCUT2D eigenvalue weighted by Gasteiger charge is -2.14. The number of nitrogens with zero attached hydrogens (tertiary/aromatic N) is 1. The van der Waals surface area contributed by atoms with Crippen molar-refractivity contribution in [2.45, 2.75) is 39.7 Å². The highest BCUT2D eigenvalue weighted by Crippen LogP contribution is 1.96. The third-order valence-electron chi connectivity index (χ3n) is 1.84. The van der Waals surface area contributed by atoms with Gasteiger partial charge >= 0.3 is 0 Å². The molecule has 0 rings (SSSR count). The van der Waals surface area contributed by atoms with Gasteiger partial charge in [-0.25, -0.2) is 0 Å². The van der Waals surface area contributed by atoms with Crippen LogP contribution in [0.2, 0.25) is 0 Å². The van der Waals surface area contributed by atoms with Crippen LogP contribution in [-0.4, -0.2) is 18.5 Å². The van der Waals surface area contributed by atoms with Gasteiger partial charge in [-0.15, -0.1) is 12.3 Å². The van der Waals surface area contributed by atoms with Crippen LogP contribution < -0.4 is 11.1 Å². The molecule has 0 aliphatic rings. The molecule has 0 aliphatic carbocycles. The fraction of sp³-hybridized carbons (Fsp3) is 0.727. The van der Waals surface area contributed by atoms with Crippen LogP contribution in [0.1, 0.15) is 33.6 Å². The van der Waals surface area contributed by atoms with Crippen molar-refractivity contribution >= 4 is 5.96 Å². The van der Waals surface area contributed by atoms with Gasteiger partial charge in [0, 0.05) is 19.0 Å². The Morgan fingerprint density at radius 3 is 2.64 bits per heavy atom. The zero-order valence-electron chi connectivity index (χ0n) is 9.38. The van der Waals surface area contributed by atoms with E-state index in [1.807, 2.05) is 0 Å². The molecule has 3 N–H and O–H groups in total. The fourth-order valence-corrected chi connectivity index (χ4v) is 0.975. The number of nitrogens with two attached hydrogens (primary N) is 1. The maximum absolute atomic E-state index is 5.70. The summed E-state index contributed by atoms with van der Waals surface area (Å²) in [7, 11) is 0. The van der Waals surface area contributed by atoms with Crippen molar-refractivity contribution in [1.29, 1.82) is 0 Å². The minimum atomic E-state index is 0.246. The molecule has 0 heterocycles. The average Bonchev–Trinajstić information content (AvgIpc) is 2.14. The molecule has 3 nitrogen and oxygen atoms in total. The van der Waals surface area contributed by atoms with Crippen molar-refractivity contribution in [3.8, 4) is 12.3 Å². The van der Waals surface area contributed by atoms with Crippen LogP contribution in [0, 0.1) is 18.3 Å². The standard InChI is InChI=1S/C11H21N3/c1-5-7-10(6-2)14-11(12)13-8-9(3)4/h1,9-10H,6-8H2,2-4H3,(H3,12,13,14). The zero-order valence-corrected chi connectivity index (χ0v) is 9.38. The van der Waals surface area contributed by atoms with E-state index in [0.717, 1.165) is 13.0 Å². The predicted octanol–water partition coefficient (Wildman–Crippen LogP) is 1.35. The first-order chi connectivity index (χ1) is 6.60. The lowest BCUT2D eigenvalue weighted by atomic mass is 10.1. The number of hydrogen-bond donors (Lipinski definition) is 2. The Morgan fingerprint density at radius 1 is 1.57 bits per heavy atom. The molecule has 14 heavy (non-hydrogen) atoms. The fourth-order valence-electron chi connectivity index (χ4n) is 0.975. The summed E-state index contributed by atoms with van der Waals surface area (Å²) in [6.07, 6.45) is 6.88. The zero-order chi connectivity index (χ0) is 11.0. The number of hydrogen-bond acceptors (Lipinski definition) is 1. The second-order valence-electron chi connectivity index (χ2n) is 3.78. The summed E-state index contributed by atoms with van der Waals surface area (Å²) in [5.41, 5.74) is 5.70. The number of terminal acetylenes is 1. The molecule has 0 aromatic carbocycles. The predicted molar refractivity (Wildman–Crippen MR) is 62.0 cm³/mol. The van der Waals surface area contributed by atoms with Crippen LogP contribution >= 0.6 is 0 Å². The quantitative estimate of drug-likeness (QED) is 0.395. The van der Waals surface area contributed by atoms with Gasteiger partial charge in [0.15, 0.2) is 5.96 Å². The van der Waals surface area contributed by atoms with E-state index in [-0.39, 0.29) is 6.04 Å². The van der Waals surface area contributed by atoms with Crippen LogP contribution in [-0.2, 0) is 0 Å². The highest BCUT2D eigenvalue weighted by atomic mass is 15.1. The SMILES string of the molecule is C#CCC(CC)NC(N)=NCC(C)C. The van der Waals surface area contributed by atoms with Crippen molar-refractivity contribution in [2.24, 2.45) is 16.6 Å². The van der Waals surface area contributed by atoms with Crippen LogP contribution in [0.15, 0.2) is 4.99 Å². The Bertz CT molecular complexity index is 213. The first-order valence-electron chi connectivity index (χ1n) is 5.10. The molecular formula is C11H21N3. The summed E-state index contributed by atoms with van der Waals surface area (Å²) >= 11 is 0. The molecule has 0 bridgehead atoms. The maximum atomic E-state index is 5.70. The molecule has 0 radical (unpaired) electrons. The highest BCUT2D eigenvalue weighted by Gasteiger charge is 2.04. The second kappa shape index (κ2) is 7.25. The summed E-state index contributed by atoms with van der Waals surface area (Å²) in [6, 6.07) is 0.246. The minimum absolute atomic E-state index is 0.246. The monoisotopic (exact) mass is 195 g/mol. The smallest absolute Gasteiger partial charge is 0.188 e. The Kier molecular flexibility index (Phi) is 6.65. The lowest BCUT2D eigenvalue weighted by molar-refractivity contribution is 0.593. The Labute approximate surface area is 87.2 Å². The number of aliphatic imine (C=N–C) groups is 1. The van der Waals surface area contributed by atoms with Gasteiger partial charge in [-0.05, 0) is 12.3 Å². The third-order valence-corrected chi connectivity index (χ3v) is 1.84. The number of guanidine groups is 1. The molecule has 0 saturated carbocycles. The van der Waals surface area contributed by atoms with Gasteiger partial charge in [-0.3, -0.25) is 4.99 Å². The van der Waals surface area contributed by atoms with Gasteiger partial charge in [-0.2, -0.15) is 0 Å². The van der Waals surface area contributed by atoms with Crippen molar-refractivity contribution < 1.29 is 0 Å². The summed E-state index contributed by atoms with van der Waals surface area (Å²) in [5, 5.41) is 3.11. The summed E-state index contributed by atoms with van der Waals surface area (Å²) < 4.78 is 0. The molecule has 0 saturated heterocycles. The number of nitrogens with one attached hydrogen (secondary N) is 1. The maximum Gasteiger partial charge on any atom is 0.188 e. The van der Waals surface area contributed by atoms with Crippen LogP contribution in [0.25, 0.3) is 0 Å². The van der Waals surface area contributed by atoms with Crippen LogP contribution in [0.3, 0.4) is 0 Å². The van der Waals surface area contributed by atoms with E-state index in [9.17, 15) is 0 Å². The Hall–Kier alpha value is -1.17. The van der Waals surface area contributed by atoms with Gasteiger partial charge < -0.3 is 11.1 Å². The first-order valence-corrected chi connectivity index (χ1v) is 5.10. The van der Waals surface area contributed by atoms with Crippen molar-refractivity contribution in [2.75, 3.05) is 6.54 Å². The minimum Gasteiger partial charge on any atom is -0.370 e. The topological polar surface area (TPSA) is 50.4 Å². The Balaban J connectivity index is 3.95. The van der Waals surface area contributed by atoms with Crippen molar-refractivity contribution in [3.05, 3.63) is 0 Å². The molecule has 0 spiro atoms.